The minimum Gasteiger partial charge on any atom is -0.334 e. The number of hydrogen-bond acceptors (Lipinski definition) is 5. The van der Waals surface area contributed by atoms with Gasteiger partial charge in [-0.15, -0.1) is 12.4 Å². The fourth-order valence-corrected chi connectivity index (χ4v) is 3.45. The van der Waals surface area contributed by atoms with E-state index in [2.05, 4.69) is 15.2 Å². The molecule has 1 saturated carbocycles. The van der Waals surface area contributed by atoms with Gasteiger partial charge in [-0.1, -0.05) is 35.0 Å². The maximum absolute atomic E-state index is 6.30. The summed E-state index contributed by atoms with van der Waals surface area (Å²) in [5.41, 5.74) is 9.56. The van der Waals surface area contributed by atoms with Gasteiger partial charge < -0.3 is 10.3 Å². The molecule has 0 amide bonds. The van der Waals surface area contributed by atoms with E-state index in [0.717, 1.165) is 46.8 Å². The van der Waals surface area contributed by atoms with Gasteiger partial charge in [0.25, 0.3) is 5.89 Å². The van der Waals surface area contributed by atoms with Crippen molar-refractivity contribution in [2.45, 2.75) is 45.2 Å². The smallest absolute Gasteiger partial charge is 0.261 e. The molecule has 0 unspecified atom stereocenters. The second kappa shape index (κ2) is 7.02. The zero-order valence-electron chi connectivity index (χ0n) is 14.7. The van der Waals surface area contributed by atoms with Gasteiger partial charge in [-0.2, -0.15) is 10.1 Å². The summed E-state index contributed by atoms with van der Waals surface area (Å²) in [4.78, 5) is 4.55. The summed E-state index contributed by atoms with van der Waals surface area (Å²) in [6.45, 7) is 4.53. The van der Waals surface area contributed by atoms with Crippen molar-refractivity contribution >= 4 is 24.0 Å². The van der Waals surface area contributed by atoms with Crippen LogP contribution in [0.4, 0.5) is 0 Å². The third-order valence-electron chi connectivity index (χ3n) is 4.99. The average molecular weight is 394 g/mol. The molecule has 1 fully saturated rings. The Bertz CT molecular complexity index is 930. The molecule has 26 heavy (non-hydrogen) atoms. The van der Waals surface area contributed by atoms with Crippen LogP contribution >= 0.6 is 24.0 Å². The summed E-state index contributed by atoms with van der Waals surface area (Å²) in [6.07, 6.45) is 2.90. The fourth-order valence-electron chi connectivity index (χ4n) is 3.26. The van der Waals surface area contributed by atoms with E-state index in [-0.39, 0.29) is 12.4 Å². The third-order valence-corrected chi connectivity index (χ3v) is 5.36. The molecule has 0 radical (unpaired) electrons. The zero-order valence-corrected chi connectivity index (χ0v) is 16.3. The number of nitrogens with two attached hydrogens (primary N) is 1. The normalized spacial score (nSPS) is 15.4. The van der Waals surface area contributed by atoms with Crippen molar-refractivity contribution in [2.24, 2.45) is 5.73 Å². The molecule has 0 saturated heterocycles. The van der Waals surface area contributed by atoms with Crippen LogP contribution < -0.4 is 5.73 Å². The average Bonchev–Trinajstić information content (AvgIpc) is 3.13. The maximum Gasteiger partial charge on any atom is 0.261 e. The van der Waals surface area contributed by atoms with E-state index >= 15 is 0 Å². The SMILES string of the molecule is Cc1nn(Cc2ccccc2Cl)c(C)c1-c1nc(C2(N)CCC2)no1.Cl. The van der Waals surface area contributed by atoms with Crippen LogP contribution in [0.2, 0.25) is 5.02 Å². The van der Waals surface area contributed by atoms with Gasteiger partial charge in [0, 0.05) is 10.7 Å². The van der Waals surface area contributed by atoms with Crippen molar-refractivity contribution in [1.29, 1.82) is 0 Å². The molecule has 0 aliphatic heterocycles. The first-order valence-electron chi connectivity index (χ1n) is 8.39. The van der Waals surface area contributed by atoms with Crippen molar-refractivity contribution in [1.82, 2.24) is 19.9 Å². The predicted molar refractivity (Wildman–Crippen MR) is 103 cm³/mol. The lowest BCUT2D eigenvalue weighted by molar-refractivity contribution is 0.229. The number of hydrogen-bond donors (Lipinski definition) is 1. The Morgan fingerprint density at radius 2 is 2.00 bits per heavy atom. The highest BCUT2D eigenvalue weighted by molar-refractivity contribution is 6.31. The van der Waals surface area contributed by atoms with Crippen LogP contribution in [0.15, 0.2) is 28.8 Å². The predicted octanol–water partition coefficient (Wildman–Crippen LogP) is 4.01. The topological polar surface area (TPSA) is 82.8 Å². The van der Waals surface area contributed by atoms with Gasteiger partial charge in [0.1, 0.15) is 0 Å². The van der Waals surface area contributed by atoms with Gasteiger partial charge >= 0.3 is 0 Å². The Morgan fingerprint density at radius 1 is 1.27 bits per heavy atom. The van der Waals surface area contributed by atoms with Gasteiger partial charge in [0.05, 0.1) is 23.3 Å². The highest BCUT2D eigenvalue weighted by Crippen LogP contribution is 2.38. The Kier molecular flexibility index (Phi) is 5.10. The van der Waals surface area contributed by atoms with E-state index < -0.39 is 5.54 Å². The molecule has 0 spiro atoms. The first-order valence-corrected chi connectivity index (χ1v) is 8.76. The summed E-state index contributed by atoms with van der Waals surface area (Å²) >= 11 is 6.27. The second-order valence-corrected chi connectivity index (χ2v) is 7.13. The van der Waals surface area contributed by atoms with Crippen molar-refractivity contribution in [3.05, 3.63) is 52.1 Å². The molecule has 8 heteroatoms. The summed E-state index contributed by atoms with van der Waals surface area (Å²) in [5, 5.41) is 9.46. The Labute approximate surface area is 163 Å². The van der Waals surface area contributed by atoms with Gasteiger partial charge in [-0.25, -0.2) is 0 Å². The molecule has 0 bridgehead atoms. The van der Waals surface area contributed by atoms with Crippen molar-refractivity contribution in [3.8, 4) is 11.5 Å². The van der Waals surface area contributed by atoms with Crippen LogP contribution in [0.1, 0.15) is 42.0 Å². The van der Waals surface area contributed by atoms with Gasteiger partial charge in [0.2, 0.25) is 0 Å². The first kappa shape index (κ1) is 18.9. The lowest BCUT2D eigenvalue weighted by Gasteiger charge is -2.34. The summed E-state index contributed by atoms with van der Waals surface area (Å²) in [6, 6.07) is 7.77. The molecule has 0 atom stereocenters. The van der Waals surface area contributed by atoms with Crippen LogP contribution in [-0.4, -0.2) is 19.9 Å². The first-order chi connectivity index (χ1) is 12.0. The third kappa shape index (κ3) is 3.13. The highest BCUT2D eigenvalue weighted by atomic mass is 35.5. The van der Waals surface area contributed by atoms with E-state index in [1.165, 1.54) is 0 Å². The molecule has 2 aromatic heterocycles. The minimum atomic E-state index is -0.433. The minimum absolute atomic E-state index is 0. The molecule has 1 aromatic carbocycles. The van der Waals surface area contributed by atoms with Gasteiger partial charge in [-0.3, -0.25) is 4.68 Å². The van der Waals surface area contributed by atoms with E-state index in [4.69, 9.17) is 21.9 Å². The van der Waals surface area contributed by atoms with E-state index in [1.807, 2.05) is 42.8 Å². The Balaban J connectivity index is 0.00000196. The summed E-state index contributed by atoms with van der Waals surface area (Å²) in [5.74, 6) is 1.07. The van der Waals surface area contributed by atoms with Crippen molar-refractivity contribution in [3.63, 3.8) is 0 Å². The van der Waals surface area contributed by atoms with Crippen LogP contribution in [-0.2, 0) is 12.1 Å². The Morgan fingerprint density at radius 3 is 2.65 bits per heavy atom. The maximum atomic E-state index is 6.30. The van der Waals surface area contributed by atoms with Gasteiger partial charge in [0.15, 0.2) is 5.82 Å². The molecule has 6 nitrogen and oxygen atoms in total. The zero-order chi connectivity index (χ0) is 17.6. The standard InChI is InChI=1S/C18H20ClN5O.ClH/c1-11-15(16-21-17(23-25-16)18(20)8-5-9-18)12(2)24(22-11)10-13-6-3-4-7-14(13)19;/h3-4,6-7H,5,8-10,20H2,1-2H3;1H. The van der Waals surface area contributed by atoms with E-state index in [1.54, 1.807) is 0 Å². The van der Waals surface area contributed by atoms with Crippen LogP contribution in [0, 0.1) is 13.8 Å². The van der Waals surface area contributed by atoms with Crippen LogP contribution in [0.5, 0.6) is 0 Å². The second-order valence-electron chi connectivity index (χ2n) is 6.73. The largest absolute Gasteiger partial charge is 0.334 e. The van der Waals surface area contributed by atoms with E-state index in [0.29, 0.717) is 18.3 Å². The Hall–Kier alpha value is -1.89. The number of rotatable bonds is 4. The molecular formula is C18H21Cl2N5O. The molecule has 2 heterocycles. The number of halogens is 2. The molecule has 4 rings (SSSR count). The molecule has 2 N–H and O–H groups in total. The number of benzene rings is 1. The molecule has 1 aliphatic carbocycles. The number of nitrogens with zero attached hydrogens (tertiary/aromatic N) is 4. The highest BCUT2D eigenvalue weighted by Gasteiger charge is 2.39. The van der Waals surface area contributed by atoms with Crippen molar-refractivity contribution < 1.29 is 4.52 Å². The van der Waals surface area contributed by atoms with Crippen LogP contribution in [0.25, 0.3) is 11.5 Å². The lowest BCUT2D eigenvalue weighted by Crippen LogP contribution is -2.44. The monoisotopic (exact) mass is 393 g/mol. The van der Waals surface area contributed by atoms with Crippen LogP contribution in [0.3, 0.4) is 0 Å². The molecule has 1 aliphatic rings. The quantitative estimate of drug-likeness (QED) is 0.723. The molecule has 138 valence electrons. The number of aromatic nitrogens is 4. The molecular weight excluding hydrogens is 373 g/mol. The van der Waals surface area contributed by atoms with Crippen molar-refractivity contribution in [2.75, 3.05) is 0 Å². The summed E-state index contributed by atoms with van der Waals surface area (Å²) < 4.78 is 7.42. The molecule has 3 aromatic rings. The van der Waals surface area contributed by atoms with Gasteiger partial charge in [-0.05, 0) is 44.7 Å². The summed E-state index contributed by atoms with van der Waals surface area (Å²) in [7, 11) is 0. The van der Waals surface area contributed by atoms with E-state index in [9.17, 15) is 0 Å². The lowest BCUT2D eigenvalue weighted by atomic mass is 9.77. The fraction of sp³-hybridized carbons (Fsp3) is 0.389. The number of aryl methyl sites for hydroxylation is 1.